The minimum Gasteiger partial charge on any atom is -0.467 e. The van der Waals surface area contributed by atoms with Crippen LogP contribution in [0.3, 0.4) is 0 Å². The van der Waals surface area contributed by atoms with E-state index >= 15 is 0 Å². The van der Waals surface area contributed by atoms with Gasteiger partial charge in [0.25, 0.3) is 0 Å². The molecule has 0 radical (unpaired) electrons. The summed E-state index contributed by atoms with van der Waals surface area (Å²) in [6, 6.07) is 3.58. The van der Waals surface area contributed by atoms with Gasteiger partial charge in [0, 0.05) is 6.54 Å². The van der Waals surface area contributed by atoms with Gasteiger partial charge in [-0.3, -0.25) is 0 Å². The average Bonchev–Trinajstić information content (AvgIpc) is 2.51. The van der Waals surface area contributed by atoms with Crippen LogP contribution in [0.1, 0.15) is 18.3 Å². The molecule has 12 heavy (non-hydrogen) atoms. The second-order valence-corrected chi connectivity index (χ2v) is 3.12. The first-order chi connectivity index (χ1) is 5.70. The van der Waals surface area contributed by atoms with E-state index in [-0.39, 0.29) is 0 Å². The Hall–Kier alpha value is -0.800. The summed E-state index contributed by atoms with van der Waals surface area (Å²) in [4.78, 5) is 2.03. The van der Waals surface area contributed by atoms with Crippen molar-refractivity contribution in [3.63, 3.8) is 0 Å². The first-order valence-electron chi connectivity index (χ1n) is 4.06. The number of rotatable bonds is 4. The van der Waals surface area contributed by atoms with E-state index in [1.54, 1.807) is 18.4 Å². The molecule has 3 heteroatoms. The fourth-order valence-electron chi connectivity index (χ4n) is 1.00. The minimum absolute atomic E-state index is 0.470. The van der Waals surface area contributed by atoms with Crippen molar-refractivity contribution >= 4 is 0 Å². The van der Waals surface area contributed by atoms with Crippen LogP contribution >= 0.6 is 0 Å². The Labute approximate surface area is 72.6 Å². The summed E-state index contributed by atoms with van der Waals surface area (Å²) in [5, 5.41) is 9.54. The third-order valence-corrected chi connectivity index (χ3v) is 1.72. The lowest BCUT2D eigenvalue weighted by atomic mass is 10.2. The molecule has 1 atom stereocenters. The van der Waals surface area contributed by atoms with E-state index in [1.165, 1.54) is 0 Å². The van der Waals surface area contributed by atoms with Crippen LogP contribution < -0.4 is 0 Å². The maximum absolute atomic E-state index is 9.54. The van der Waals surface area contributed by atoms with Crippen LogP contribution in [-0.4, -0.2) is 30.6 Å². The van der Waals surface area contributed by atoms with Crippen molar-refractivity contribution in [2.75, 3.05) is 20.6 Å². The summed E-state index contributed by atoms with van der Waals surface area (Å²) >= 11 is 0. The molecule has 0 bridgehead atoms. The van der Waals surface area contributed by atoms with Gasteiger partial charge in [-0.25, -0.2) is 0 Å². The molecule has 0 aliphatic heterocycles. The monoisotopic (exact) mass is 169 g/mol. The van der Waals surface area contributed by atoms with Gasteiger partial charge in [0.2, 0.25) is 0 Å². The van der Waals surface area contributed by atoms with Crippen LogP contribution in [0.15, 0.2) is 22.8 Å². The molecule has 0 saturated carbocycles. The second kappa shape index (κ2) is 4.28. The van der Waals surface area contributed by atoms with E-state index in [9.17, 15) is 5.11 Å². The smallest absolute Gasteiger partial charge is 0.132 e. The predicted molar refractivity (Wildman–Crippen MR) is 46.8 cm³/mol. The third-order valence-electron chi connectivity index (χ3n) is 1.72. The number of furan rings is 1. The van der Waals surface area contributed by atoms with Crippen LogP contribution in [0, 0.1) is 0 Å². The van der Waals surface area contributed by atoms with Crippen LogP contribution in [0.2, 0.25) is 0 Å². The topological polar surface area (TPSA) is 36.6 Å². The van der Waals surface area contributed by atoms with Crippen LogP contribution in [0.25, 0.3) is 0 Å². The van der Waals surface area contributed by atoms with Gasteiger partial charge in [-0.05, 0) is 32.6 Å². The van der Waals surface area contributed by atoms with Crippen molar-refractivity contribution in [3.05, 3.63) is 24.2 Å². The molecular formula is C9H15NO2. The third kappa shape index (κ3) is 2.68. The Morgan fingerprint density at radius 1 is 1.58 bits per heavy atom. The zero-order valence-electron chi connectivity index (χ0n) is 7.53. The molecule has 1 rings (SSSR count). The number of aliphatic hydroxyl groups is 1. The van der Waals surface area contributed by atoms with E-state index < -0.39 is 6.10 Å². The largest absolute Gasteiger partial charge is 0.467 e. The lowest BCUT2D eigenvalue weighted by Crippen LogP contribution is -2.15. The summed E-state index contributed by atoms with van der Waals surface area (Å²) in [5.41, 5.74) is 0. The molecule has 0 saturated heterocycles. The van der Waals surface area contributed by atoms with Gasteiger partial charge in [0.15, 0.2) is 0 Å². The molecule has 0 aliphatic rings. The van der Waals surface area contributed by atoms with Crippen molar-refractivity contribution in [3.8, 4) is 0 Å². The van der Waals surface area contributed by atoms with E-state index in [0.717, 1.165) is 6.54 Å². The number of hydrogen-bond acceptors (Lipinski definition) is 3. The van der Waals surface area contributed by atoms with Crippen molar-refractivity contribution in [2.45, 2.75) is 12.5 Å². The zero-order valence-corrected chi connectivity index (χ0v) is 7.53. The van der Waals surface area contributed by atoms with Crippen LogP contribution in [0.4, 0.5) is 0 Å². The van der Waals surface area contributed by atoms with E-state index in [0.29, 0.717) is 12.2 Å². The molecule has 0 fully saturated rings. The highest BCUT2D eigenvalue weighted by Gasteiger charge is 2.09. The van der Waals surface area contributed by atoms with Gasteiger partial charge < -0.3 is 14.4 Å². The van der Waals surface area contributed by atoms with Gasteiger partial charge in [-0.15, -0.1) is 0 Å². The quantitative estimate of drug-likeness (QED) is 0.737. The standard InChI is InChI=1S/C9H15NO2/c1-10(2)6-5-8(11)9-4-3-7-12-9/h3-4,7-8,11H,5-6H2,1-2H3. The van der Waals surface area contributed by atoms with Gasteiger partial charge in [0.1, 0.15) is 11.9 Å². The van der Waals surface area contributed by atoms with Crippen molar-refractivity contribution in [1.82, 2.24) is 4.90 Å². The number of aliphatic hydroxyl groups excluding tert-OH is 1. The Balaban J connectivity index is 2.34. The molecule has 0 spiro atoms. The Bertz CT molecular complexity index is 206. The maximum atomic E-state index is 9.54. The Morgan fingerprint density at radius 2 is 2.33 bits per heavy atom. The highest BCUT2D eigenvalue weighted by molar-refractivity contribution is 5.01. The highest BCUT2D eigenvalue weighted by atomic mass is 16.4. The summed E-state index contributed by atoms with van der Waals surface area (Å²) in [5.74, 6) is 0.650. The summed E-state index contributed by atoms with van der Waals surface area (Å²) in [6.07, 6.45) is 1.82. The Kier molecular flexibility index (Phi) is 3.31. The van der Waals surface area contributed by atoms with Crippen molar-refractivity contribution in [1.29, 1.82) is 0 Å². The maximum Gasteiger partial charge on any atom is 0.132 e. The summed E-state index contributed by atoms with van der Waals surface area (Å²) in [6.45, 7) is 0.863. The van der Waals surface area contributed by atoms with Crippen LogP contribution in [-0.2, 0) is 0 Å². The average molecular weight is 169 g/mol. The molecule has 68 valence electrons. The van der Waals surface area contributed by atoms with E-state index in [4.69, 9.17) is 4.42 Å². The lowest BCUT2D eigenvalue weighted by molar-refractivity contribution is 0.129. The molecule has 3 nitrogen and oxygen atoms in total. The molecule has 1 N–H and O–H groups in total. The van der Waals surface area contributed by atoms with Gasteiger partial charge in [-0.2, -0.15) is 0 Å². The molecule has 0 aromatic carbocycles. The molecule has 1 heterocycles. The highest BCUT2D eigenvalue weighted by Crippen LogP contribution is 2.16. The van der Waals surface area contributed by atoms with Gasteiger partial charge in [0.05, 0.1) is 6.26 Å². The first kappa shape index (κ1) is 9.29. The van der Waals surface area contributed by atoms with Crippen LogP contribution in [0.5, 0.6) is 0 Å². The fourth-order valence-corrected chi connectivity index (χ4v) is 1.00. The van der Waals surface area contributed by atoms with Crippen molar-refractivity contribution < 1.29 is 9.52 Å². The van der Waals surface area contributed by atoms with Gasteiger partial charge in [-0.1, -0.05) is 0 Å². The lowest BCUT2D eigenvalue weighted by Gasteiger charge is -2.12. The number of hydrogen-bond donors (Lipinski definition) is 1. The minimum atomic E-state index is -0.470. The second-order valence-electron chi connectivity index (χ2n) is 3.12. The predicted octanol–water partition coefficient (Wildman–Crippen LogP) is 1.26. The fraction of sp³-hybridized carbons (Fsp3) is 0.556. The Morgan fingerprint density at radius 3 is 2.83 bits per heavy atom. The first-order valence-corrected chi connectivity index (χ1v) is 4.06. The molecule has 1 aromatic heterocycles. The van der Waals surface area contributed by atoms with Gasteiger partial charge >= 0.3 is 0 Å². The molecule has 1 unspecified atom stereocenters. The SMILES string of the molecule is CN(C)CCC(O)c1ccco1. The van der Waals surface area contributed by atoms with E-state index in [1.807, 2.05) is 19.0 Å². The molecule has 1 aromatic rings. The molecule has 0 amide bonds. The molecular weight excluding hydrogens is 154 g/mol. The summed E-state index contributed by atoms with van der Waals surface area (Å²) < 4.78 is 5.06. The zero-order chi connectivity index (χ0) is 8.97. The van der Waals surface area contributed by atoms with E-state index in [2.05, 4.69) is 0 Å². The summed E-state index contributed by atoms with van der Waals surface area (Å²) in [7, 11) is 3.96. The number of nitrogens with zero attached hydrogens (tertiary/aromatic N) is 1. The normalized spacial score (nSPS) is 13.7. The van der Waals surface area contributed by atoms with Crippen molar-refractivity contribution in [2.24, 2.45) is 0 Å². The molecule has 0 aliphatic carbocycles.